The Bertz CT molecular complexity index is 1060. The standard InChI is InChI=1S/C24H28N6O2/c31-23-8-4-14-26-30(23)15-5-13-25-24(32)21-9-10-22(28-27-21)29-16-11-20(12-17-29)18-19-6-2-1-3-7-19/h1-4,6-10,14,20H,5,11-13,15-18H2,(H,25,32). The maximum Gasteiger partial charge on any atom is 0.271 e. The summed E-state index contributed by atoms with van der Waals surface area (Å²) in [6, 6.07) is 17.3. The van der Waals surface area contributed by atoms with Gasteiger partial charge in [-0.3, -0.25) is 9.59 Å². The number of aryl methyl sites for hydroxylation is 1. The summed E-state index contributed by atoms with van der Waals surface area (Å²) < 4.78 is 1.38. The van der Waals surface area contributed by atoms with Crippen molar-refractivity contribution in [2.24, 2.45) is 5.92 Å². The predicted molar refractivity (Wildman–Crippen MR) is 123 cm³/mol. The second-order valence-corrected chi connectivity index (χ2v) is 8.09. The molecule has 1 aliphatic heterocycles. The summed E-state index contributed by atoms with van der Waals surface area (Å²) in [6.45, 7) is 2.78. The molecule has 0 radical (unpaired) electrons. The van der Waals surface area contributed by atoms with Gasteiger partial charge in [0.15, 0.2) is 11.5 Å². The number of benzene rings is 1. The van der Waals surface area contributed by atoms with Crippen molar-refractivity contribution < 1.29 is 4.79 Å². The first-order valence-corrected chi connectivity index (χ1v) is 11.1. The molecule has 3 aromatic rings. The van der Waals surface area contributed by atoms with Crippen molar-refractivity contribution in [1.82, 2.24) is 25.3 Å². The highest BCUT2D eigenvalue weighted by molar-refractivity contribution is 5.92. The molecule has 1 fully saturated rings. The Morgan fingerprint density at radius 1 is 1.00 bits per heavy atom. The number of hydrogen-bond acceptors (Lipinski definition) is 6. The number of aromatic nitrogens is 4. The first kappa shape index (κ1) is 21.7. The molecule has 4 rings (SSSR count). The number of anilines is 1. The lowest BCUT2D eigenvalue weighted by Gasteiger charge is -2.32. The van der Waals surface area contributed by atoms with Crippen LogP contribution in [0.4, 0.5) is 5.82 Å². The van der Waals surface area contributed by atoms with Gasteiger partial charge in [0.2, 0.25) is 0 Å². The fourth-order valence-corrected chi connectivity index (χ4v) is 4.01. The number of carbonyl (C=O) groups excluding carboxylic acids is 1. The third kappa shape index (κ3) is 5.78. The molecule has 0 spiro atoms. The van der Waals surface area contributed by atoms with E-state index in [1.54, 1.807) is 18.3 Å². The van der Waals surface area contributed by atoms with Crippen LogP contribution in [0, 0.1) is 5.92 Å². The maximum absolute atomic E-state index is 12.3. The zero-order chi connectivity index (χ0) is 22.2. The molecule has 1 aliphatic rings. The van der Waals surface area contributed by atoms with Crippen LogP contribution in [0.2, 0.25) is 0 Å². The van der Waals surface area contributed by atoms with Crippen LogP contribution in [-0.4, -0.2) is 45.5 Å². The van der Waals surface area contributed by atoms with Crippen molar-refractivity contribution in [1.29, 1.82) is 0 Å². The fourth-order valence-electron chi connectivity index (χ4n) is 4.01. The zero-order valence-corrected chi connectivity index (χ0v) is 18.1. The summed E-state index contributed by atoms with van der Waals surface area (Å²) >= 11 is 0. The van der Waals surface area contributed by atoms with Crippen LogP contribution in [0.1, 0.15) is 35.3 Å². The van der Waals surface area contributed by atoms with Crippen LogP contribution in [0.5, 0.6) is 0 Å². The molecule has 3 heterocycles. The minimum absolute atomic E-state index is 0.149. The van der Waals surface area contributed by atoms with Gasteiger partial charge in [0.05, 0.1) is 0 Å². The number of nitrogens with one attached hydrogen (secondary N) is 1. The first-order valence-electron chi connectivity index (χ1n) is 11.1. The molecule has 1 aromatic carbocycles. The highest BCUT2D eigenvalue weighted by Gasteiger charge is 2.21. The molecule has 0 atom stereocenters. The van der Waals surface area contributed by atoms with Gasteiger partial charge in [0, 0.05) is 38.4 Å². The highest BCUT2D eigenvalue weighted by atomic mass is 16.2. The summed E-state index contributed by atoms with van der Waals surface area (Å²) in [5, 5.41) is 15.2. The Kier molecular flexibility index (Phi) is 7.22. The number of rotatable bonds is 8. The molecule has 0 aliphatic carbocycles. The minimum Gasteiger partial charge on any atom is -0.355 e. The average Bonchev–Trinajstić information content (AvgIpc) is 2.84. The molecule has 1 N–H and O–H groups in total. The average molecular weight is 433 g/mol. The predicted octanol–water partition coefficient (Wildman–Crippen LogP) is 2.31. The quantitative estimate of drug-likeness (QED) is 0.549. The Morgan fingerprint density at radius 3 is 2.53 bits per heavy atom. The summed E-state index contributed by atoms with van der Waals surface area (Å²) in [4.78, 5) is 26.2. The molecule has 1 amide bonds. The van der Waals surface area contributed by atoms with Crippen molar-refractivity contribution in [3.8, 4) is 0 Å². The van der Waals surface area contributed by atoms with E-state index in [1.165, 1.54) is 16.3 Å². The minimum atomic E-state index is -0.265. The Labute approximate surface area is 187 Å². The Morgan fingerprint density at radius 2 is 1.81 bits per heavy atom. The summed E-state index contributed by atoms with van der Waals surface area (Å²) in [6.07, 6.45) is 5.54. The van der Waals surface area contributed by atoms with Crippen LogP contribution >= 0.6 is 0 Å². The van der Waals surface area contributed by atoms with E-state index >= 15 is 0 Å². The van der Waals surface area contributed by atoms with E-state index in [9.17, 15) is 9.59 Å². The van der Waals surface area contributed by atoms with Crippen molar-refractivity contribution in [3.05, 3.63) is 82.4 Å². The van der Waals surface area contributed by atoms with E-state index in [0.717, 1.165) is 38.2 Å². The SMILES string of the molecule is O=C(NCCCn1ncccc1=O)c1ccc(N2CCC(Cc3ccccc3)CC2)nn1. The summed E-state index contributed by atoms with van der Waals surface area (Å²) in [7, 11) is 0. The van der Waals surface area contributed by atoms with Gasteiger partial charge in [-0.25, -0.2) is 4.68 Å². The molecule has 8 nitrogen and oxygen atoms in total. The number of hydrogen-bond donors (Lipinski definition) is 1. The number of carbonyl (C=O) groups is 1. The number of amides is 1. The van der Waals surface area contributed by atoms with Crippen LogP contribution in [0.3, 0.4) is 0 Å². The molecule has 0 unspecified atom stereocenters. The Balaban J connectivity index is 1.21. The Hall–Kier alpha value is -3.55. The smallest absolute Gasteiger partial charge is 0.271 e. The van der Waals surface area contributed by atoms with Gasteiger partial charge in [0.25, 0.3) is 11.5 Å². The van der Waals surface area contributed by atoms with Gasteiger partial charge in [-0.1, -0.05) is 30.3 Å². The lowest BCUT2D eigenvalue weighted by molar-refractivity contribution is 0.0946. The van der Waals surface area contributed by atoms with Crippen LogP contribution in [0.25, 0.3) is 0 Å². The molecular formula is C24H28N6O2. The second kappa shape index (κ2) is 10.7. The van der Waals surface area contributed by atoms with E-state index in [-0.39, 0.29) is 11.5 Å². The van der Waals surface area contributed by atoms with Gasteiger partial charge in [-0.05, 0) is 55.4 Å². The van der Waals surface area contributed by atoms with Crippen molar-refractivity contribution >= 4 is 11.7 Å². The lowest BCUT2D eigenvalue weighted by atomic mass is 9.90. The van der Waals surface area contributed by atoms with E-state index < -0.39 is 0 Å². The highest BCUT2D eigenvalue weighted by Crippen LogP contribution is 2.24. The molecule has 1 saturated heterocycles. The molecule has 8 heteroatoms. The fraction of sp³-hybridized carbons (Fsp3) is 0.375. The maximum atomic E-state index is 12.3. The van der Waals surface area contributed by atoms with Gasteiger partial charge < -0.3 is 10.2 Å². The largest absolute Gasteiger partial charge is 0.355 e. The first-order chi connectivity index (χ1) is 15.7. The van der Waals surface area contributed by atoms with Crippen molar-refractivity contribution in [3.63, 3.8) is 0 Å². The van der Waals surface area contributed by atoms with Crippen molar-refractivity contribution in [2.75, 3.05) is 24.5 Å². The van der Waals surface area contributed by atoms with E-state index in [0.29, 0.717) is 31.1 Å². The lowest BCUT2D eigenvalue weighted by Crippen LogP contribution is -2.35. The van der Waals surface area contributed by atoms with Crippen LogP contribution in [-0.2, 0) is 13.0 Å². The zero-order valence-electron chi connectivity index (χ0n) is 18.1. The molecule has 32 heavy (non-hydrogen) atoms. The van der Waals surface area contributed by atoms with E-state index in [4.69, 9.17) is 0 Å². The van der Waals surface area contributed by atoms with E-state index in [2.05, 4.69) is 55.8 Å². The van der Waals surface area contributed by atoms with Gasteiger partial charge >= 0.3 is 0 Å². The van der Waals surface area contributed by atoms with Gasteiger partial charge in [-0.2, -0.15) is 5.10 Å². The topological polar surface area (TPSA) is 93.0 Å². The third-order valence-corrected chi connectivity index (χ3v) is 5.81. The molecule has 166 valence electrons. The normalized spacial score (nSPS) is 14.3. The number of piperidine rings is 1. The molecule has 0 bridgehead atoms. The van der Waals surface area contributed by atoms with Crippen LogP contribution < -0.4 is 15.8 Å². The second-order valence-electron chi connectivity index (χ2n) is 8.09. The van der Waals surface area contributed by atoms with Gasteiger partial charge in [-0.15, -0.1) is 10.2 Å². The third-order valence-electron chi connectivity index (χ3n) is 5.81. The van der Waals surface area contributed by atoms with Gasteiger partial charge in [0.1, 0.15) is 0 Å². The molecular weight excluding hydrogens is 404 g/mol. The molecule has 0 saturated carbocycles. The number of nitrogens with zero attached hydrogens (tertiary/aromatic N) is 5. The van der Waals surface area contributed by atoms with E-state index in [1.807, 2.05) is 6.07 Å². The summed E-state index contributed by atoms with van der Waals surface area (Å²) in [5.41, 5.74) is 1.54. The summed E-state index contributed by atoms with van der Waals surface area (Å²) in [5.74, 6) is 1.24. The molecule has 2 aromatic heterocycles. The van der Waals surface area contributed by atoms with Crippen LogP contribution in [0.15, 0.2) is 65.6 Å². The van der Waals surface area contributed by atoms with Crippen molar-refractivity contribution in [2.45, 2.75) is 32.2 Å². The monoisotopic (exact) mass is 432 g/mol.